The lowest BCUT2D eigenvalue weighted by Gasteiger charge is -2.17. The first-order valence-electron chi connectivity index (χ1n) is 5.86. The number of hydrogen-bond acceptors (Lipinski definition) is 3. The van der Waals surface area contributed by atoms with Gasteiger partial charge in [-0.15, -0.1) is 0 Å². The minimum atomic E-state index is -0.193. The first-order valence-corrected chi connectivity index (χ1v) is 6.61. The minimum Gasteiger partial charge on any atom is -0.352 e. The smallest absolute Gasteiger partial charge is 0.257 e. The SMILES string of the molecule is CC(=O)NC1CCN(C(=O)c2ccc(Cl)nc2Cl)C1. The second-order valence-electron chi connectivity index (χ2n) is 4.41. The van der Waals surface area contributed by atoms with E-state index in [1.54, 1.807) is 11.0 Å². The van der Waals surface area contributed by atoms with Crippen LogP contribution in [0.3, 0.4) is 0 Å². The fraction of sp³-hybridized carbons (Fsp3) is 0.417. The number of nitrogens with one attached hydrogen (secondary N) is 1. The summed E-state index contributed by atoms with van der Waals surface area (Å²) in [6.45, 7) is 2.53. The van der Waals surface area contributed by atoms with E-state index < -0.39 is 0 Å². The molecule has 0 aliphatic carbocycles. The second kappa shape index (κ2) is 5.75. The first kappa shape index (κ1) is 14.1. The zero-order valence-electron chi connectivity index (χ0n) is 10.3. The summed E-state index contributed by atoms with van der Waals surface area (Å²) in [5.41, 5.74) is 0.328. The lowest BCUT2D eigenvalue weighted by molar-refractivity contribution is -0.119. The molecule has 1 saturated heterocycles. The van der Waals surface area contributed by atoms with Gasteiger partial charge in [-0.05, 0) is 18.6 Å². The molecule has 102 valence electrons. The van der Waals surface area contributed by atoms with Gasteiger partial charge in [0.2, 0.25) is 5.91 Å². The predicted molar refractivity (Wildman–Crippen MR) is 72.4 cm³/mol. The molecule has 2 amide bonds. The molecule has 0 radical (unpaired) electrons. The van der Waals surface area contributed by atoms with E-state index in [2.05, 4.69) is 10.3 Å². The summed E-state index contributed by atoms with van der Waals surface area (Å²) in [6.07, 6.45) is 0.740. The van der Waals surface area contributed by atoms with Gasteiger partial charge in [0.25, 0.3) is 5.91 Å². The molecule has 1 aliphatic rings. The van der Waals surface area contributed by atoms with Crippen LogP contribution in [-0.4, -0.2) is 40.8 Å². The molecule has 2 heterocycles. The summed E-state index contributed by atoms with van der Waals surface area (Å²) in [5, 5.41) is 3.15. The van der Waals surface area contributed by atoms with Crippen LogP contribution in [0, 0.1) is 0 Å². The fourth-order valence-electron chi connectivity index (χ4n) is 2.09. The molecule has 0 bridgehead atoms. The van der Waals surface area contributed by atoms with Crippen molar-refractivity contribution in [3.63, 3.8) is 0 Å². The number of carbonyl (C=O) groups excluding carboxylic acids is 2. The van der Waals surface area contributed by atoms with Crippen LogP contribution in [-0.2, 0) is 4.79 Å². The summed E-state index contributed by atoms with van der Waals surface area (Å²) >= 11 is 11.6. The quantitative estimate of drug-likeness (QED) is 0.846. The van der Waals surface area contributed by atoms with Gasteiger partial charge in [-0.25, -0.2) is 4.98 Å². The van der Waals surface area contributed by atoms with Crippen molar-refractivity contribution in [1.29, 1.82) is 0 Å². The molecule has 1 fully saturated rings. The molecule has 1 atom stereocenters. The molecule has 0 saturated carbocycles. The van der Waals surface area contributed by atoms with Crippen LogP contribution >= 0.6 is 23.2 Å². The molecule has 19 heavy (non-hydrogen) atoms. The van der Waals surface area contributed by atoms with Crippen molar-refractivity contribution in [2.75, 3.05) is 13.1 Å². The average Bonchev–Trinajstić information content (AvgIpc) is 2.75. The maximum absolute atomic E-state index is 12.3. The van der Waals surface area contributed by atoms with E-state index in [0.717, 1.165) is 6.42 Å². The van der Waals surface area contributed by atoms with Gasteiger partial charge in [0.05, 0.1) is 5.56 Å². The molecule has 5 nitrogen and oxygen atoms in total. The van der Waals surface area contributed by atoms with E-state index in [-0.39, 0.29) is 28.2 Å². The summed E-state index contributed by atoms with van der Waals surface area (Å²) in [6, 6.07) is 3.09. The van der Waals surface area contributed by atoms with Crippen molar-refractivity contribution >= 4 is 35.0 Å². The van der Waals surface area contributed by atoms with Gasteiger partial charge in [-0.1, -0.05) is 23.2 Å². The Kier molecular flexibility index (Phi) is 4.27. The van der Waals surface area contributed by atoms with Crippen LogP contribution in [0.4, 0.5) is 0 Å². The molecule has 0 aromatic carbocycles. The molecule has 2 rings (SSSR count). The van der Waals surface area contributed by atoms with Gasteiger partial charge < -0.3 is 10.2 Å². The van der Waals surface area contributed by atoms with Crippen molar-refractivity contribution in [2.24, 2.45) is 0 Å². The highest BCUT2D eigenvalue weighted by Crippen LogP contribution is 2.20. The van der Waals surface area contributed by atoms with E-state index in [4.69, 9.17) is 23.2 Å². The number of amides is 2. The normalized spacial score (nSPS) is 18.5. The van der Waals surface area contributed by atoms with Gasteiger partial charge in [0.15, 0.2) is 0 Å². The Balaban J connectivity index is 2.07. The zero-order valence-corrected chi connectivity index (χ0v) is 11.8. The fourth-order valence-corrected chi connectivity index (χ4v) is 2.52. The Morgan fingerprint density at radius 2 is 2.16 bits per heavy atom. The Morgan fingerprint density at radius 3 is 2.79 bits per heavy atom. The number of aromatic nitrogens is 1. The maximum atomic E-state index is 12.3. The highest BCUT2D eigenvalue weighted by Gasteiger charge is 2.28. The summed E-state index contributed by atoms with van der Waals surface area (Å²) < 4.78 is 0. The summed E-state index contributed by atoms with van der Waals surface area (Å²) in [7, 11) is 0. The molecule has 0 spiro atoms. The van der Waals surface area contributed by atoms with Crippen molar-refractivity contribution in [3.05, 3.63) is 28.0 Å². The van der Waals surface area contributed by atoms with Gasteiger partial charge in [-0.2, -0.15) is 0 Å². The van der Waals surface area contributed by atoms with Gasteiger partial charge in [-0.3, -0.25) is 9.59 Å². The van der Waals surface area contributed by atoms with Crippen LogP contribution < -0.4 is 5.32 Å². The van der Waals surface area contributed by atoms with Crippen LogP contribution in [0.15, 0.2) is 12.1 Å². The van der Waals surface area contributed by atoms with Crippen molar-refractivity contribution in [3.8, 4) is 0 Å². The van der Waals surface area contributed by atoms with Gasteiger partial charge in [0.1, 0.15) is 10.3 Å². The number of nitrogens with zero attached hydrogens (tertiary/aromatic N) is 2. The number of pyridine rings is 1. The predicted octanol–water partition coefficient (Wildman–Crippen LogP) is 1.74. The van der Waals surface area contributed by atoms with E-state index in [0.29, 0.717) is 18.7 Å². The standard InChI is InChI=1S/C12H13Cl2N3O2/c1-7(18)15-8-4-5-17(6-8)12(19)9-2-3-10(13)16-11(9)14/h2-3,8H,4-6H2,1H3,(H,15,18). The topological polar surface area (TPSA) is 62.3 Å². The van der Waals surface area contributed by atoms with E-state index in [1.165, 1.54) is 13.0 Å². The third-order valence-electron chi connectivity index (χ3n) is 2.93. The first-order chi connectivity index (χ1) is 8.97. The molecule has 1 unspecified atom stereocenters. The van der Waals surface area contributed by atoms with Crippen LogP contribution in [0.2, 0.25) is 10.3 Å². The Labute approximate surface area is 120 Å². The van der Waals surface area contributed by atoms with Crippen LogP contribution in [0.5, 0.6) is 0 Å². The van der Waals surface area contributed by atoms with Gasteiger partial charge >= 0.3 is 0 Å². The molecular weight excluding hydrogens is 289 g/mol. The molecule has 7 heteroatoms. The summed E-state index contributed by atoms with van der Waals surface area (Å²) in [5.74, 6) is -0.285. The Hall–Kier alpha value is -1.33. The monoisotopic (exact) mass is 301 g/mol. The number of likely N-dealkylation sites (tertiary alicyclic amines) is 1. The summed E-state index contributed by atoms with van der Waals surface area (Å²) in [4.78, 5) is 28.7. The highest BCUT2D eigenvalue weighted by molar-refractivity contribution is 6.34. The number of carbonyl (C=O) groups is 2. The molecule has 1 N–H and O–H groups in total. The Bertz CT molecular complexity index is 522. The molecular formula is C12H13Cl2N3O2. The van der Waals surface area contributed by atoms with Crippen LogP contribution in [0.25, 0.3) is 0 Å². The third kappa shape index (κ3) is 3.36. The van der Waals surface area contributed by atoms with E-state index in [1.807, 2.05) is 0 Å². The largest absolute Gasteiger partial charge is 0.352 e. The average molecular weight is 302 g/mol. The van der Waals surface area contributed by atoms with Crippen molar-refractivity contribution in [2.45, 2.75) is 19.4 Å². The molecule has 1 aliphatic heterocycles. The molecule has 1 aromatic heterocycles. The molecule has 1 aromatic rings. The Morgan fingerprint density at radius 1 is 1.42 bits per heavy atom. The highest BCUT2D eigenvalue weighted by atomic mass is 35.5. The number of rotatable bonds is 2. The number of hydrogen-bond donors (Lipinski definition) is 1. The van der Waals surface area contributed by atoms with Crippen LogP contribution in [0.1, 0.15) is 23.7 Å². The third-order valence-corrected chi connectivity index (χ3v) is 3.43. The minimum absolute atomic E-state index is 0.000449. The van der Waals surface area contributed by atoms with Gasteiger partial charge in [0, 0.05) is 26.1 Å². The second-order valence-corrected chi connectivity index (χ2v) is 5.15. The van der Waals surface area contributed by atoms with E-state index >= 15 is 0 Å². The van der Waals surface area contributed by atoms with Crippen molar-refractivity contribution < 1.29 is 9.59 Å². The van der Waals surface area contributed by atoms with Crippen molar-refractivity contribution in [1.82, 2.24) is 15.2 Å². The lowest BCUT2D eigenvalue weighted by atomic mass is 10.2. The zero-order chi connectivity index (χ0) is 14.0. The number of halogens is 2. The van der Waals surface area contributed by atoms with E-state index in [9.17, 15) is 9.59 Å². The lowest BCUT2D eigenvalue weighted by Crippen LogP contribution is -2.37. The maximum Gasteiger partial charge on any atom is 0.257 e.